The van der Waals surface area contributed by atoms with Crippen LogP contribution in [0, 0.1) is 0 Å². The highest BCUT2D eigenvalue weighted by atomic mass is 32.2. The SMILES string of the molecule is NC(=O)c1cccc2c1c1ccc(-c3cccs3)cc1n2Cc1ccccc1CS(=O)(=O)c1ccccc1. The number of sulfone groups is 1. The van der Waals surface area contributed by atoms with E-state index in [9.17, 15) is 13.2 Å². The molecule has 0 atom stereocenters. The molecule has 0 aliphatic carbocycles. The Morgan fingerprint density at radius 1 is 0.789 bits per heavy atom. The Kier molecular flexibility index (Phi) is 6.10. The van der Waals surface area contributed by atoms with Gasteiger partial charge in [-0.25, -0.2) is 8.42 Å². The lowest BCUT2D eigenvalue weighted by molar-refractivity contribution is 0.100. The lowest BCUT2D eigenvalue weighted by atomic mass is 10.0. The maximum absolute atomic E-state index is 13.2. The van der Waals surface area contributed by atoms with Crippen LogP contribution in [0.4, 0.5) is 0 Å². The van der Waals surface area contributed by atoms with Crippen LogP contribution in [-0.2, 0) is 22.1 Å². The van der Waals surface area contributed by atoms with Crippen molar-refractivity contribution in [2.75, 3.05) is 0 Å². The van der Waals surface area contributed by atoms with Crippen molar-refractivity contribution in [1.29, 1.82) is 0 Å². The molecule has 0 spiro atoms. The number of hydrogen-bond acceptors (Lipinski definition) is 4. The number of nitrogens with two attached hydrogens (primary N) is 1. The molecule has 0 saturated carbocycles. The average molecular weight is 537 g/mol. The number of benzene rings is 4. The first-order valence-corrected chi connectivity index (χ1v) is 14.7. The van der Waals surface area contributed by atoms with Crippen molar-refractivity contribution in [3.8, 4) is 10.4 Å². The van der Waals surface area contributed by atoms with Crippen LogP contribution >= 0.6 is 11.3 Å². The second-order valence-electron chi connectivity index (χ2n) is 9.20. The van der Waals surface area contributed by atoms with E-state index in [4.69, 9.17) is 5.73 Å². The normalized spacial score (nSPS) is 11.8. The molecule has 2 heterocycles. The number of primary amides is 1. The molecule has 0 bridgehead atoms. The van der Waals surface area contributed by atoms with Gasteiger partial charge >= 0.3 is 0 Å². The zero-order chi connectivity index (χ0) is 26.3. The number of fused-ring (bicyclic) bond motifs is 3. The Morgan fingerprint density at radius 2 is 1.55 bits per heavy atom. The zero-order valence-electron chi connectivity index (χ0n) is 20.4. The molecule has 0 aliphatic heterocycles. The van der Waals surface area contributed by atoms with E-state index in [0.717, 1.165) is 43.4 Å². The van der Waals surface area contributed by atoms with Gasteiger partial charge in [-0.2, -0.15) is 0 Å². The number of thiophene rings is 1. The molecule has 6 rings (SSSR count). The smallest absolute Gasteiger partial charge is 0.249 e. The van der Waals surface area contributed by atoms with Gasteiger partial charge in [0.05, 0.1) is 21.7 Å². The molecule has 2 aromatic heterocycles. The van der Waals surface area contributed by atoms with Gasteiger partial charge < -0.3 is 10.3 Å². The molecule has 2 N–H and O–H groups in total. The standard InChI is InChI=1S/C31H24N2O3S2/c32-31(34)26-12-6-13-27-30(26)25-16-15-21(29-14-7-17-37-29)18-28(25)33(27)19-22-8-4-5-9-23(22)20-38(35,36)24-10-2-1-3-11-24/h1-18H,19-20H2,(H2,32,34). The van der Waals surface area contributed by atoms with E-state index >= 15 is 0 Å². The van der Waals surface area contributed by atoms with E-state index in [1.165, 1.54) is 0 Å². The van der Waals surface area contributed by atoms with Crippen LogP contribution in [-0.4, -0.2) is 18.9 Å². The highest BCUT2D eigenvalue weighted by Gasteiger charge is 2.20. The summed E-state index contributed by atoms with van der Waals surface area (Å²) in [5.74, 6) is -0.580. The van der Waals surface area contributed by atoms with Gasteiger partial charge in [0, 0.05) is 27.8 Å². The molecule has 5 nitrogen and oxygen atoms in total. The molecule has 6 aromatic rings. The number of aromatic nitrogens is 1. The van der Waals surface area contributed by atoms with Gasteiger partial charge in [0.25, 0.3) is 0 Å². The molecule has 0 radical (unpaired) electrons. The van der Waals surface area contributed by atoms with Crippen molar-refractivity contribution < 1.29 is 13.2 Å². The fraction of sp³-hybridized carbons (Fsp3) is 0.0645. The molecular formula is C31H24N2O3S2. The third-order valence-electron chi connectivity index (χ3n) is 6.86. The van der Waals surface area contributed by atoms with E-state index in [1.54, 1.807) is 47.7 Å². The first kappa shape index (κ1) is 24.2. The van der Waals surface area contributed by atoms with Crippen molar-refractivity contribution in [2.24, 2.45) is 5.73 Å². The number of hydrogen-bond donors (Lipinski definition) is 1. The van der Waals surface area contributed by atoms with Crippen LogP contribution in [0.3, 0.4) is 0 Å². The van der Waals surface area contributed by atoms with Crippen LogP contribution < -0.4 is 5.73 Å². The summed E-state index contributed by atoms with van der Waals surface area (Å²) in [6.45, 7) is 0.441. The van der Waals surface area contributed by atoms with Crippen LogP contribution in [0.25, 0.3) is 32.2 Å². The molecule has 0 saturated heterocycles. The van der Waals surface area contributed by atoms with Gasteiger partial charge in [0.15, 0.2) is 9.84 Å². The van der Waals surface area contributed by atoms with Crippen LogP contribution in [0.1, 0.15) is 21.5 Å². The predicted molar refractivity (Wildman–Crippen MR) is 154 cm³/mol. The minimum Gasteiger partial charge on any atom is -0.366 e. The summed E-state index contributed by atoms with van der Waals surface area (Å²) in [7, 11) is -3.52. The Bertz CT molecular complexity index is 1910. The summed E-state index contributed by atoms with van der Waals surface area (Å²) in [5.41, 5.74) is 10.8. The molecule has 7 heteroatoms. The Hall–Kier alpha value is -4.20. The Morgan fingerprint density at radius 3 is 2.29 bits per heavy atom. The monoisotopic (exact) mass is 536 g/mol. The third-order valence-corrected chi connectivity index (χ3v) is 9.46. The van der Waals surface area contributed by atoms with Crippen molar-refractivity contribution in [2.45, 2.75) is 17.2 Å². The topological polar surface area (TPSA) is 82.2 Å². The van der Waals surface area contributed by atoms with Crippen LogP contribution in [0.15, 0.2) is 113 Å². The minimum absolute atomic E-state index is 0.0999. The van der Waals surface area contributed by atoms with E-state index in [-0.39, 0.29) is 5.75 Å². The second-order valence-corrected chi connectivity index (χ2v) is 12.1. The highest BCUT2D eigenvalue weighted by molar-refractivity contribution is 7.90. The summed E-state index contributed by atoms with van der Waals surface area (Å²) < 4.78 is 28.6. The maximum atomic E-state index is 13.2. The summed E-state index contributed by atoms with van der Waals surface area (Å²) in [6, 6.07) is 32.1. The predicted octanol–water partition coefficient (Wildman–Crippen LogP) is 6.64. The number of nitrogens with zero attached hydrogens (tertiary/aromatic N) is 1. The van der Waals surface area contributed by atoms with Crippen molar-refractivity contribution >= 4 is 48.9 Å². The Labute approximate surface area is 224 Å². The lowest BCUT2D eigenvalue weighted by Gasteiger charge is -2.14. The lowest BCUT2D eigenvalue weighted by Crippen LogP contribution is -2.11. The first-order chi connectivity index (χ1) is 18.4. The van der Waals surface area contributed by atoms with Gasteiger partial charge in [-0.05, 0) is 58.5 Å². The van der Waals surface area contributed by atoms with Crippen molar-refractivity contribution in [3.05, 3.63) is 125 Å². The second kappa shape index (κ2) is 9.59. The number of amides is 1. The minimum atomic E-state index is -3.52. The fourth-order valence-corrected chi connectivity index (χ4v) is 7.21. The van der Waals surface area contributed by atoms with Gasteiger partial charge in [-0.1, -0.05) is 66.7 Å². The van der Waals surface area contributed by atoms with Crippen molar-refractivity contribution in [1.82, 2.24) is 4.57 Å². The van der Waals surface area contributed by atoms with E-state index in [0.29, 0.717) is 17.0 Å². The molecular weight excluding hydrogens is 512 g/mol. The maximum Gasteiger partial charge on any atom is 0.249 e. The van der Waals surface area contributed by atoms with Crippen molar-refractivity contribution in [3.63, 3.8) is 0 Å². The van der Waals surface area contributed by atoms with Crippen LogP contribution in [0.2, 0.25) is 0 Å². The molecule has 0 fully saturated rings. The largest absolute Gasteiger partial charge is 0.366 e. The van der Waals surface area contributed by atoms with Gasteiger partial charge in [-0.15, -0.1) is 11.3 Å². The summed E-state index contributed by atoms with van der Waals surface area (Å²) >= 11 is 1.67. The number of rotatable bonds is 7. The molecule has 188 valence electrons. The van der Waals surface area contributed by atoms with Crippen LogP contribution in [0.5, 0.6) is 0 Å². The number of carbonyl (C=O) groups excluding carboxylic acids is 1. The van der Waals surface area contributed by atoms with E-state index < -0.39 is 15.7 Å². The van der Waals surface area contributed by atoms with E-state index in [1.807, 2.05) is 53.9 Å². The fourth-order valence-electron chi connectivity index (χ4n) is 5.05. The zero-order valence-corrected chi connectivity index (χ0v) is 22.0. The molecule has 0 aliphatic rings. The molecule has 38 heavy (non-hydrogen) atoms. The molecule has 1 amide bonds. The Balaban J connectivity index is 1.52. The number of carbonyl (C=O) groups is 1. The molecule has 0 unspecified atom stereocenters. The quantitative estimate of drug-likeness (QED) is 0.248. The van der Waals surface area contributed by atoms with E-state index in [2.05, 4.69) is 22.8 Å². The summed E-state index contributed by atoms with van der Waals surface area (Å²) in [6.07, 6.45) is 0. The first-order valence-electron chi connectivity index (χ1n) is 12.2. The van der Waals surface area contributed by atoms with Gasteiger partial charge in [0.1, 0.15) is 0 Å². The average Bonchev–Trinajstić information content (AvgIpc) is 3.57. The highest BCUT2D eigenvalue weighted by Crippen LogP contribution is 2.36. The summed E-state index contributed by atoms with van der Waals surface area (Å²) in [4.78, 5) is 13.8. The van der Waals surface area contributed by atoms with Gasteiger partial charge in [0.2, 0.25) is 5.91 Å². The third kappa shape index (κ3) is 4.30. The van der Waals surface area contributed by atoms with Gasteiger partial charge in [-0.3, -0.25) is 4.79 Å². The molecule has 4 aromatic carbocycles. The summed E-state index contributed by atoms with van der Waals surface area (Å²) in [5, 5.41) is 3.79.